The van der Waals surface area contributed by atoms with Crippen LogP contribution in [0.5, 0.6) is 0 Å². The first-order valence-electron chi connectivity index (χ1n) is 9.05. The van der Waals surface area contributed by atoms with Crippen LogP contribution in [-0.4, -0.2) is 74.4 Å². The number of rotatable bonds is 16. The van der Waals surface area contributed by atoms with Crippen LogP contribution in [0.4, 0.5) is 0 Å². The lowest BCUT2D eigenvalue weighted by molar-refractivity contribution is -0.143. The van der Waals surface area contributed by atoms with Crippen molar-refractivity contribution in [1.29, 1.82) is 0 Å². The molecule has 0 bridgehead atoms. The average molecular weight is 389 g/mol. The number of carboxylic acid groups (broad SMARTS) is 1. The molecule has 0 rings (SSSR count). The Labute approximate surface area is 159 Å². The predicted molar refractivity (Wildman–Crippen MR) is 97.0 cm³/mol. The molecule has 3 amide bonds. The molecule has 156 valence electrons. The second-order valence-electron chi connectivity index (χ2n) is 5.85. The second kappa shape index (κ2) is 16.0. The van der Waals surface area contributed by atoms with E-state index in [1.54, 1.807) is 0 Å². The largest absolute Gasteiger partial charge is 0.480 e. The van der Waals surface area contributed by atoms with E-state index in [-0.39, 0.29) is 44.5 Å². The zero-order valence-corrected chi connectivity index (χ0v) is 16.0. The van der Waals surface area contributed by atoms with E-state index in [0.29, 0.717) is 19.7 Å². The third-order valence-corrected chi connectivity index (χ3v) is 3.37. The molecule has 27 heavy (non-hydrogen) atoms. The lowest BCUT2D eigenvalue weighted by Gasteiger charge is -2.14. The van der Waals surface area contributed by atoms with Gasteiger partial charge in [-0.25, -0.2) is 4.79 Å². The molecule has 0 aromatic carbocycles. The van der Waals surface area contributed by atoms with Gasteiger partial charge in [-0.15, -0.1) is 0 Å². The number of amides is 3. The molecule has 0 aliphatic carbocycles. The van der Waals surface area contributed by atoms with Gasteiger partial charge in [0.2, 0.25) is 17.7 Å². The van der Waals surface area contributed by atoms with Gasteiger partial charge < -0.3 is 30.5 Å². The van der Waals surface area contributed by atoms with E-state index in [1.165, 1.54) is 6.92 Å². The standard InChI is InChI=1S/C17H31N3O7/c1-3-4-7-19-15(22)6-5-14(17(24)25)20-16(23)12-27-11-10-26-9-8-18-13(2)21/h14H,3-12H2,1-2H3,(H,18,21)(H,19,22)(H,20,23)(H,24,25). The number of hydrogen-bond acceptors (Lipinski definition) is 6. The van der Waals surface area contributed by atoms with Crippen LogP contribution in [0, 0.1) is 0 Å². The van der Waals surface area contributed by atoms with Crippen LogP contribution < -0.4 is 16.0 Å². The van der Waals surface area contributed by atoms with Crippen LogP contribution in [-0.2, 0) is 28.7 Å². The first-order valence-corrected chi connectivity index (χ1v) is 9.05. The summed E-state index contributed by atoms with van der Waals surface area (Å²) in [7, 11) is 0. The van der Waals surface area contributed by atoms with Gasteiger partial charge >= 0.3 is 5.97 Å². The molecule has 10 heteroatoms. The highest BCUT2D eigenvalue weighted by atomic mass is 16.5. The topological polar surface area (TPSA) is 143 Å². The summed E-state index contributed by atoms with van der Waals surface area (Å²) in [6.45, 7) is 4.78. The van der Waals surface area contributed by atoms with Gasteiger partial charge in [0, 0.05) is 26.4 Å². The monoisotopic (exact) mass is 389 g/mol. The van der Waals surface area contributed by atoms with Gasteiger partial charge in [-0.2, -0.15) is 0 Å². The van der Waals surface area contributed by atoms with E-state index in [9.17, 15) is 19.2 Å². The molecule has 1 atom stereocenters. The Morgan fingerprint density at radius 1 is 0.963 bits per heavy atom. The lowest BCUT2D eigenvalue weighted by Crippen LogP contribution is -2.43. The molecular weight excluding hydrogens is 358 g/mol. The Morgan fingerprint density at radius 3 is 2.30 bits per heavy atom. The Balaban J connectivity index is 3.87. The van der Waals surface area contributed by atoms with Crippen LogP contribution in [0.15, 0.2) is 0 Å². The van der Waals surface area contributed by atoms with Crippen molar-refractivity contribution >= 4 is 23.7 Å². The van der Waals surface area contributed by atoms with Crippen molar-refractivity contribution < 1.29 is 33.8 Å². The Kier molecular flexibility index (Phi) is 14.7. The Bertz CT molecular complexity index is 471. The van der Waals surface area contributed by atoms with Gasteiger partial charge in [-0.3, -0.25) is 14.4 Å². The summed E-state index contributed by atoms with van der Waals surface area (Å²) in [6.07, 6.45) is 1.84. The molecule has 0 saturated heterocycles. The first-order chi connectivity index (χ1) is 12.9. The summed E-state index contributed by atoms with van der Waals surface area (Å²) in [4.78, 5) is 45.2. The van der Waals surface area contributed by atoms with Gasteiger partial charge in [0.15, 0.2) is 0 Å². The Hall–Kier alpha value is -2.20. The SMILES string of the molecule is CCCCNC(=O)CCC(NC(=O)COCCOCCNC(C)=O)C(=O)O. The summed E-state index contributed by atoms with van der Waals surface area (Å²) in [5, 5.41) is 16.7. The number of carbonyl (C=O) groups is 4. The van der Waals surface area contributed by atoms with Crippen molar-refractivity contribution in [2.45, 2.75) is 45.6 Å². The van der Waals surface area contributed by atoms with Crippen LogP contribution in [0.25, 0.3) is 0 Å². The van der Waals surface area contributed by atoms with E-state index in [2.05, 4.69) is 16.0 Å². The summed E-state index contributed by atoms with van der Waals surface area (Å²) < 4.78 is 10.3. The van der Waals surface area contributed by atoms with E-state index in [0.717, 1.165) is 12.8 Å². The Morgan fingerprint density at radius 2 is 1.67 bits per heavy atom. The zero-order chi connectivity index (χ0) is 20.5. The van der Waals surface area contributed by atoms with Gasteiger partial charge in [-0.05, 0) is 12.8 Å². The summed E-state index contributed by atoms with van der Waals surface area (Å²) in [5.74, 6) is -2.16. The van der Waals surface area contributed by atoms with Crippen LogP contribution in [0.2, 0.25) is 0 Å². The molecular formula is C17H31N3O7. The lowest BCUT2D eigenvalue weighted by atomic mass is 10.1. The molecule has 4 N–H and O–H groups in total. The quantitative estimate of drug-likeness (QED) is 0.259. The van der Waals surface area contributed by atoms with Gasteiger partial charge in [0.05, 0.1) is 19.8 Å². The molecule has 0 heterocycles. The zero-order valence-electron chi connectivity index (χ0n) is 16.0. The number of carbonyl (C=O) groups excluding carboxylic acids is 3. The third kappa shape index (κ3) is 15.7. The average Bonchev–Trinajstić information content (AvgIpc) is 2.60. The van der Waals surface area contributed by atoms with E-state index in [4.69, 9.17) is 14.6 Å². The first kappa shape index (κ1) is 24.8. The fraction of sp³-hybridized carbons (Fsp3) is 0.765. The maximum Gasteiger partial charge on any atom is 0.326 e. The minimum absolute atomic E-state index is 0.00525. The fourth-order valence-corrected chi connectivity index (χ4v) is 1.95. The van der Waals surface area contributed by atoms with E-state index < -0.39 is 17.9 Å². The predicted octanol–water partition coefficient (Wildman–Crippen LogP) is -0.578. The normalized spacial score (nSPS) is 11.5. The van der Waals surface area contributed by atoms with Crippen molar-refractivity contribution in [3.05, 3.63) is 0 Å². The number of unbranched alkanes of at least 4 members (excludes halogenated alkanes) is 1. The van der Waals surface area contributed by atoms with E-state index in [1.807, 2.05) is 6.92 Å². The van der Waals surface area contributed by atoms with Crippen molar-refractivity contribution in [3.63, 3.8) is 0 Å². The highest BCUT2D eigenvalue weighted by molar-refractivity contribution is 5.85. The molecule has 0 spiro atoms. The maximum absolute atomic E-state index is 11.7. The minimum Gasteiger partial charge on any atom is -0.480 e. The minimum atomic E-state index is -1.20. The molecule has 0 fully saturated rings. The maximum atomic E-state index is 11.7. The summed E-state index contributed by atoms with van der Waals surface area (Å²) in [5.41, 5.74) is 0. The molecule has 0 aliphatic rings. The van der Waals surface area contributed by atoms with Gasteiger partial charge in [0.25, 0.3) is 0 Å². The molecule has 0 aromatic rings. The van der Waals surface area contributed by atoms with Crippen molar-refractivity contribution in [3.8, 4) is 0 Å². The number of hydrogen-bond donors (Lipinski definition) is 4. The summed E-state index contributed by atoms with van der Waals surface area (Å²) in [6, 6.07) is -1.15. The fourth-order valence-electron chi connectivity index (χ4n) is 1.95. The van der Waals surface area contributed by atoms with Crippen molar-refractivity contribution in [2.75, 3.05) is 39.5 Å². The van der Waals surface area contributed by atoms with Crippen molar-refractivity contribution in [1.82, 2.24) is 16.0 Å². The number of ether oxygens (including phenoxy) is 2. The number of nitrogens with one attached hydrogen (secondary N) is 3. The summed E-state index contributed by atoms with van der Waals surface area (Å²) >= 11 is 0. The van der Waals surface area contributed by atoms with Crippen LogP contribution in [0.1, 0.15) is 39.5 Å². The molecule has 10 nitrogen and oxygen atoms in total. The highest BCUT2D eigenvalue weighted by Gasteiger charge is 2.20. The van der Waals surface area contributed by atoms with Crippen molar-refractivity contribution in [2.24, 2.45) is 0 Å². The number of carboxylic acids is 1. The third-order valence-electron chi connectivity index (χ3n) is 3.37. The second-order valence-corrected chi connectivity index (χ2v) is 5.85. The smallest absolute Gasteiger partial charge is 0.326 e. The molecule has 1 unspecified atom stereocenters. The van der Waals surface area contributed by atoms with Crippen LogP contribution >= 0.6 is 0 Å². The molecule has 0 aliphatic heterocycles. The molecule has 0 radical (unpaired) electrons. The van der Waals surface area contributed by atoms with E-state index >= 15 is 0 Å². The van der Waals surface area contributed by atoms with Gasteiger partial charge in [0.1, 0.15) is 12.6 Å². The van der Waals surface area contributed by atoms with Gasteiger partial charge in [-0.1, -0.05) is 13.3 Å². The highest BCUT2D eigenvalue weighted by Crippen LogP contribution is 1.99. The molecule has 0 saturated carbocycles. The van der Waals surface area contributed by atoms with Crippen LogP contribution in [0.3, 0.4) is 0 Å². The number of aliphatic carboxylic acids is 1. The molecule has 0 aromatic heterocycles.